The van der Waals surface area contributed by atoms with Gasteiger partial charge in [-0.25, -0.2) is 9.79 Å². The molecule has 3 aromatic rings. The zero-order chi connectivity index (χ0) is 25.1. The molecule has 0 N–H and O–H groups in total. The quantitative estimate of drug-likeness (QED) is 0.472. The molecule has 182 valence electrons. The lowest BCUT2D eigenvalue weighted by Gasteiger charge is -2.25. The standard InChI is InChI=1S/C27H28N2O5S/c1-6-33-21-15-19(12-13-20(21)32-5)24-23(26(31)34-7-2)17(4)28-27-29(24)25(30)22(35-27)14-18-10-8-16(3)9-11-18/h8-15,24H,6-7H2,1-5H3. The molecule has 1 unspecified atom stereocenters. The van der Waals surface area contributed by atoms with Gasteiger partial charge in [0.25, 0.3) is 5.56 Å². The number of allylic oxidation sites excluding steroid dienone is 1. The van der Waals surface area contributed by atoms with Crippen molar-refractivity contribution in [1.29, 1.82) is 0 Å². The highest BCUT2D eigenvalue weighted by molar-refractivity contribution is 7.07. The Kier molecular flexibility index (Phi) is 7.21. The molecule has 0 bridgehead atoms. The lowest BCUT2D eigenvalue weighted by atomic mass is 9.95. The molecule has 1 atom stereocenters. The summed E-state index contributed by atoms with van der Waals surface area (Å²) < 4.78 is 18.7. The van der Waals surface area contributed by atoms with Crippen molar-refractivity contribution in [2.45, 2.75) is 33.7 Å². The third kappa shape index (κ3) is 4.79. The van der Waals surface area contributed by atoms with Crippen molar-refractivity contribution in [2.75, 3.05) is 20.3 Å². The van der Waals surface area contributed by atoms with Gasteiger partial charge in [-0.3, -0.25) is 9.36 Å². The van der Waals surface area contributed by atoms with Crippen LogP contribution < -0.4 is 24.4 Å². The van der Waals surface area contributed by atoms with E-state index in [1.54, 1.807) is 31.6 Å². The first-order valence-electron chi connectivity index (χ1n) is 11.4. The largest absolute Gasteiger partial charge is 0.493 e. The second kappa shape index (κ2) is 10.3. The zero-order valence-electron chi connectivity index (χ0n) is 20.5. The number of hydrogen-bond donors (Lipinski definition) is 0. The number of methoxy groups -OCH3 is 1. The van der Waals surface area contributed by atoms with Crippen LogP contribution in [0.2, 0.25) is 0 Å². The fourth-order valence-electron chi connectivity index (χ4n) is 4.05. The van der Waals surface area contributed by atoms with Crippen LogP contribution in [0.5, 0.6) is 11.5 Å². The van der Waals surface area contributed by atoms with Gasteiger partial charge in [-0.2, -0.15) is 0 Å². The SMILES string of the molecule is CCOC(=O)C1=C(C)N=c2sc(=Cc3ccc(C)cc3)c(=O)n2C1c1ccc(OC)c(OCC)c1. The van der Waals surface area contributed by atoms with E-state index in [0.29, 0.717) is 44.3 Å². The molecule has 1 aliphatic heterocycles. The van der Waals surface area contributed by atoms with Crippen molar-refractivity contribution in [1.82, 2.24) is 4.57 Å². The highest BCUT2D eigenvalue weighted by atomic mass is 32.1. The van der Waals surface area contributed by atoms with Crippen molar-refractivity contribution in [2.24, 2.45) is 4.99 Å². The summed E-state index contributed by atoms with van der Waals surface area (Å²) in [5.41, 5.74) is 3.39. The number of carbonyl (C=O) groups is 1. The van der Waals surface area contributed by atoms with Gasteiger partial charge >= 0.3 is 5.97 Å². The van der Waals surface area contributed by atoms with Crippen LogP contribution >= 0.6 is 11.3 Å². The Morgan fingerprint density at radius 1 is 1.09 bits per heavy atom. The summed E-state index contributed by atoms with van der Waals surface area (Å²) in [5, 5.41) is 0. The summed E-state index contributed by atoms with van der Waals surface area (Å²) in [6.07, 6.45) is 1.85. The number of carbonyl (C=O) groups excluding carboxylic acids is 1. The molecule has 4 rings (SSSR count). The number of benzene rings is 2. The highest BCUT2D eigenvalue weighted by Gasteiger charge is 2.33. The van der Waals surface area contributed by atoms with Crippen LogP contribution in [-0.4, -0.2) is 30.9 Å². The minimum atomic E-state index is -0.712. The van der Waals surface area contributed by atoms with E-state index in [2.05, 4.69) is 4.99 Å². The second-order valence-corrected chi connectivity index (χ2v) is 9.07. The molecule has 0 radical (unpaired) electrons. The second-order valence-electron chi connectivity index (χ2n) is 8.06. The maximum Gasteiger partial charge on any atom is 0.338 e. The van der Waals surface area contributed by atoms with Crippen LogP contribution in [0.3, 0.4) is 0 Å². The van der Waals surface area contributed by atoms with Crippen molar-refractivity contribution in [3.05, 3.63) is 90.1 Å². The van der Waals surface area contributed by atoms with Crippen LogP contribution in [0.1, 0.15) is 43.5 Å². The van der Waals surface area contributed by atoms with Gasteiger partial charge in [-0.05, 0) is 57.0 Å². The molecule has 0 fully saturated rings. The van der Waals surface area contributed by atoms with Gasteiger partial charge in [0.05, 0.1) is 42.2 Å². The number of nitrogens with zero attached hydrogens (tertiary/aromatic N) is 2. The predicted octanol–water partition coefficient (Wildman–Crippen LogP) is 3.51. The molecule has 0 spiro atoms. The van der Waals surface area contributed by atoms with Crippen LogP contribution in [0, 0.1) is 6.92 Å². The van der Waals surface area contributed by atoms with Crippen LogP contribution in [0.15, 0.2) is 63.5 Å². The van der Waals surface area contributed by atoms with E-state index in [0.717, 1.165) is 11.1 Å². The average molecular weight is 493 g/mol. The normalized spacial score (nSPS) is 15.5. The minimum absolute atomic E-state index is 0.215. The molecule has 2 aromatic carbocycles. The molecule has 1 aliphatic rings. The van der Waals surface area contributed by atoms with Gasteiger partial charge in [0.2, 0.25) is 0 Å². The first kappa shape index (κ1) is 24.5. The van der Waals surface area contributed by atoms with Gasteiger partial charge in [0, 0.05) is 0 Å². The van der Waals surface area contributed by atoms with E-state index >= 15 is 0 Å². The van der Waals surface area contributed by atoms with E-state index in [9.17, 15) is 9.59 Å². The summed E-state index contributed by atoms with van der Waals surface area (Å²) in [6, 6.07) is 12.7. The van der Waals surface area contributed by atoms with E-state index in [4.69, 9.17) is 14.2 Å². The van der Waals surface area contributed by atoms with Crippen molar-refractivity contribution in [3.8, 4) is 11.5 Å². The molecule has 7 nitrogen and oxygen atoms in total. The van der Waals surface area contributed by atoms with E-state index in [1.807, 2.05) is 56.3 Å². The van der Waals surface area contributed by atoms with Crippen LogP contribution in [0.4, 0.5) is 0 Å². The van der Waals surface area contributed by atoms with Gasteiger partial charge in [-0.1, -0.05) is 47.2 Å². The molecule has 0 saturated carbocycles. The van der Waals surface area contributed by atoms with Gasteiger partial charge in [-0.15, -0.1) is 0 Å². The van der Waals surface area contributed by atoms with Crippen molar-refractivity contribution in [3.63, 3.8) is 0 Å². The van der Waals surface area contributed by atoms with E-state index in [-0.39, 0.29) is 12.2 Å². The number of aryl methyl sites for hydroxylation is 1. The predicted molar refractivity (Wildman–Crippen MR) is 136 cm³/mol. The lowest BCUT2D eigenvalue weighted by molar-refractivity contribution is -0.139. The highest BCUT2D eigenvalue weighted by Crippen LogP contribution is 2.36. The number of hydrogen-bond acceptors (Lipinski definition) is 7. The Balaban J connectivity index is 1.96. The third-order valence-corrected chi connectivity index (χ3v) is 6.68. The number of rotatable bonds is 7. The number of ether oxygens (including phenoxy) is 3. The lowest BCUT2D eigenvalue weighted by Crippen LogP contribution is -2.40. The summed E-state index contributed by atoms with van der Waals surface area (Å²) in [6.45, 7) is 8.08. The molecule has 0 aliphatic carbocycles. The zero-order valence-corrected chi connectivity index (χ0v) is 21.3. The molecule has 0 amide bonds. The summed E-state index contributed by atoms with van der Waals surface area (Å²) in [4.78, 5) is 31.9. The summed E-state index contributed by atoms with van der Waals surface area (Å²) >= 11 is 1.30. The Bertz CT molecular complexity index is 1460. The molecule has 0 saturated heterocycles. The van der Waals surface area contributed by atoms with Gasteiger partial charge in [0.1, 0.15) is 0 Å². The maximum atomic E-state index is 13.7. The molecular weight excluding hydrogens is 464 g/mol. The Morgan fingerprint density at radius 2 is 1.83 bits per heavy atom. The average Bonchev–Trinajstić information content (AvgIpc) is 3.14. The molecule has 1 aromatic heterocycles. The monoisotopic (exact) mass is 492 g/mol. The Labute approximate surface area is 207 Å². The first-order valence-corrected chi connectivity index (χ1v) is 12.3. The maximum absolute atomic E-state index is 13.7. The van der Waals surface area contributed by atoms with Crippen LogP contribution in [0.25, 0.3) is 6.08 Å². The van der Waals surface area contributed by atoms with E-state index in [1.165, 1.54) is 11.3 Å². The number of fused-ring (bicyclic) bond motifs is 1. The first-order chi connectivity index (χ1) is 16.9. The van der Waals surface area contributed by atoms with Crippen LogP contribution in [-0.2, 0) is 9.53 Å². The fraction of sp³-hybridized carbons (Fsp3) is 0.296. The summed E-state index contributed by atoms with van der Waals surface area (Å²) in [7, 11) is 1.57. The van der Waals surface area contributed by atoms with Crippen molar-refractivity contribution >= 4 is 23.4 Å². The topological polar surface area (TPSA) is 79.1 Å². The summed E-state index contributed by atoms with van der Waals surface area (Å²) in [5.74, 6) is 0.605. The number of esters is 1. The Hall–Kier alpha value is -3.65. The fourth-order valence-corrected chi connectivity index (χ4v) is 5.10. The molecule has 8 heteroatoms. The molecular formula is C27H28N2O5S. The molecule has 35 heavy (non-hydrogen) atoms. The van der Waals surface area contributed by atoms with Gasteiger partial charge in [0.15, 0.2) is 16.3 Å². The van der Waals surface area contributed by atoms with E-state index < -0.39 is 12.0 Å². The number of thiazole rings is 1. The third-order valence-electron chi connectivity index (χ3n) is 5.70. The smallest absolute Gasteiger partial charge is 0.338 e. The number of aromatic nitrogens is 1. The van der Waals surface area contributed by atoms with Gasteiger partial charge < -0.3 is 14.2 Å². The minimum Gasteiger partial charge on any atom is -0.493 e. The Morgan fingerprint density at radius 3 is 2.49 bits per heavy atom. The van der Waals surface area contributed by atoms with Crippen molar-refractivity contribution < 1.29 is 19.0 Å². The molecule has 2 heterocycles.